The third-order valence-electron chi connectivity index (χ3n) is 10.9. The highest BCUT2D eigenvalue weighted by Gasteiger charge is 2.57. The van der Waals surface area contributed by atoms with Crippen LogP contribution in [0.5, 0.6) is 0 Å². The molecule has 5 atom stereocenters. The Bertz CT molecular complexity index is 985. The summed E-state index contributed by atoms with van der Waals surface area (Å²) < 4.78 is 13.0. The Morgan fingerprint density at radius 2 is 1.53 bits per heavy atom. The van der Waals surface area contributed by atoms with Crippen molar-refractivity contribution < 1.29 is 14.3 Å². The molecule has 5 aliphatic rings. The number of benzene rings is 1. The quantitative estimate of drug-likeness (QED) is 0.288. The summed E-state index contributed by atoms with van der Waals surface area (Å²) in [6, 6.07) is 9.54. The van der Waals surface area contributed by atoms with Crippen molar-refractivity contribution in [2.75, 3.05) is 13.2 Å². The zero-order chi connectivity index (χ0) is 24.8. The monoisotopic (exact) mass is 490 g/mol. The molecule has 0 amide bonds. The van der Waals surface area contributed by atoms with Crippen molar-refractivity contribution in [3.63, 3.8) is 0 Å². The van der Waals surface area contributed by atoms with Crippen molar-refractivity contribution in [2.24, 2.45) is 23.2 Å². The van der Waals surface area contributed by atoms with Crippen LogP contribution in [-0.4, -0.2) is 24.8 Å². The van der Waals surface area contributed by atoms with Gasteiger partial charge in [-0.3, -0.25) is 4.79 Å². The van der Waals surface area contributed by atoms with E-state index in [1.807, 2.05) is 0 Å². The number of rotatable bonds is 7. The summed E-state index contributed by atoms with van der Waals surface area (Å²) in [5.41, 5.74) is 6.28. The molecule has 3 nitrogen and oxygen atoms in total. The van der Waals surface area contributed by atoms with Crippen LogP contribution in [0.4, 0.5) is 0 Å². The second-order valence-corrected chi connectivity index (χ2v) is 12.7. The molecule has 0 N–H and O–H groups in total. The number of aryl methyl sites for hydroxylation is 1. The van der Waals surface area contributed by atoms with E-state index in [0.29, 0.717) is 23.5 Å². The van der Waals surface area contributed by atoms with Crippen LogP contribution < -0.4 is 0 Å². The molecule has 2 unspecified atom stereocenters. The number of unbranched alkanes of at least 4 members (excludes halogenated alkanes) is 4. The molecule has 0 bridgehead atoms. The van der Waals surface area contributed by atoms with Gasteiger partial charge in [-0.25, -0.2) is 0 Å². The third-order valence-corrected chi connectivity index (χ3v) is 10.9. The molecule has 1 aromatic rings. The molecule has 0 aromatic heterocycles. The zero-order valence-electron chi connectivity index (χ0n) is 22.7. The molecule has 4 fully saturated rings. The number of carbonyl (C=O) groups excluding carboxylic acids is 1. The largest absolute Gasteiger partial charge is 0.347 e. The van der Waals surface area contributed by atoms with Gasteiger partial charge in [-0.15, -0.1) is 0 Å². The average molecular weight is 491 g/mol. The van der Waals surface area contributed by atoms with E-state index in [1.54, 1.807) is 11.1 Å². The Morgan fingerprint density at radius 1 is 0.833 bits per heavy atom. The van der Waals surface area contributed by atoms with E-state index in [4.69, 9.17) is 9.47 Å². The first-order valence-corrected chi connectivity index (χ1v) is 15.2. The summed E-state index contributed by atoms with van der Waals surface area (Å²) in [5, 5.41) is 0. The van der Waals surface area contributed by atoms with Crippen LogP contribution in [-0.2, 0) is 20.7 Å². The molecule has 3 heteroatoms. The van der Waals surface area contributed by atoms with Crippen LogP contribution >= 0.6 is 0 Å². The summed E-state index contributed by atoms with van der Waals surface area (Å²) in [5.74, 6) is 2.11. The van der Waals surface area contributed by atoms with Gasteiger partial charge in [-0.1, -0.05) is 74.9 Å². The molecular weight excluding hydrogens is 444 g/mol. The van der Waals surface area contributed by atoms with Gasteiger partial charge < -0.3 is 9.47 Å². The fourth-order valence-electron chi connectivity index (χ4n) is 9.03. The van der Waals surface area contributed by atoms with E-state index in [-0.39, 0.29) is 11.3 Å². The molecule has 1 spiro atoms. The molecule has 0 radical (unpaired) electrons. The maximum absolute atomic E-state index is 12.8. The van der Waals surface area contributed by atoms with E-state index in [0.717, 1.165) is 51.7 Å². The lowest BCUT2D eigenvalue weighted by atomic mass is 9.54. The highest BCUT2D eigenvalue weighted by molar-refractivity contribution is 5.87. The van der Waals surface area contributed by atoms with Gasteiger partial charge in [0.15, 0.2) is 5.79 Å². The Morgan fingerprint density at radius 3 is 2.31 bits per heavy atom. The number of Topliss-reactive ketones (excluding diaryl/α,β-unsaturated/α-hetero) is 1. The first-order chi connectivity index (χ1) is 17.6. The number of hydrogen-bond donors (Lipinski definition) is 0. The van der Waals surface area contributed by atoms with Crippen LogP contribution in [0.2, 0.25) is 0 Å². The normalized spacial score (nSPS) is 35.1. The molecule has 196 valence electrons. The number of ketones is 1. The second-order valence-electron chi connectivity index (χ2n) is 12.7. The Labute approximate surface area is 218 Å². The lowest BCUT2D eigenvalue weighted by Gasteiger charge is -2.52. The van der Waals surface area contributed by atoms with Gasteiger partial charge in [0.05, 0.1) is 13.2 Å². The lowest BCUT2D eigenvalue weighted by Crippen LogP contribution is -2.48. The number of hydrogen-bond acceptors (Lipinski definition) is 3. The molecule has 1 heterocycles. The van der Waals surface area contributed by atoms with E-state index < -0.39 is 5.79 Å². The first-order valence-electron chi connectivity index (χ1n) is 15.2. The van der Waals surface area contributed by atoms with Gasteiger partial charge in [0.1, 0.15) is 5.78 Å². The van der Waals surface area contributed by atoms with E-state index in [1.165, 1.54) is 62.5 Å². The number of carbonyl (C=O) groups is 1. The first kappa shape index (κ1) is 24.9. The number of ether oxygens (including phenoxy) is 2. The summed E-state index contributed by atoms with van der Waals surface area (Å²) in [7, 11) is 0. The van der Waals surface area contributed by atoms with Crippen molar-refractivity contribution in [2.45, 2.75) is 115 Å². The summed E-state index contributed by atoms with van der Waals surface area (Å²) in [4.78, 5) is 12.8. The molecular formula is C33H46O3. The third kappa shape index (κ3) is 4.13. The molecule has 36 heavy (non-hydrogen) atoms. The Balaban J connectivity index is 1.26. The maximum Gasteiger partial charge on any atom is 0.176 e. The van der Waals surface area contributed by atoms with Gasteiger partial charge in [0.25, 0.3) is 0 Å². The molecule has 4 aliphatic carbocycles. The zero-order valence-corrected chi connectivity index (χ0v) is 22.7. The van der Waals surface area contributed by atoms with E-state index in [9.17, 15) is 4.79 Å². The average Bonchev–Trinajstić information content (AvgIpc) is 3.48. The SMILES string of the molecule is CCCCCCCc1ccc(C2C3CC[C@@H]4C(=C3CCC23OCCO3)CC[C@]2(C)C(=O)CC[C@@H]42)cc1. The molecule has 1 aromatic carbocycles. The van der Waals surface area contributed by atoms with Gasteiger partial charge in [-0.05, 0) is 80.2 Å². The van der Waals surface area contributed by atoms with Gasteiger partial charge in [0.2, 0.25) is 0 Å². The van der Waals surface area contributed by atoms with Crippen molar-refractivity contribution in [1.82, 2.24) is 0 Å². The highest BCUT2D eigenvalue weighted by Crippen LogP contribution is 2.62. The lowest BCUT2D eigenvalue weighted by molar-refractivity contribution is -0.196. The van der Waals surface area contributed by atoms with Crippen molar-refractivity contribution in [1.29, 1.82) is 0 Å². The highest BCUT2D eigenvalue weighted by atomic mass is 16.7. The smallest absolute Gasteiger partial charge is 0.176 e. The van der Waals surface area contributed by atoms with E-state index in [2.05, 4.69) is 38.1 Å². The molecule has 1 saturated heterocycles. The minimum Gasteiger partial charge on any atom is -0.347 e. The van der Waals surface area contributed by atoms with Gasteiger partial charge >= 0.3 is 0 Å². The number of fused-ring (bicyclic) bond motifs is 4. The number of allylic oxidation sites excluding steroid dienone is 2. The Kier molecular flexibility index (Phi) is 6.92. The van der Waals surface area contributed by atoms with Crippen LogP contribution in [0, 0.1) is 23.2 Å². The second kappa shape index (κ2) is 10.0. The Hall–Kier alpha value is -1.45. The standard InChI is InChI=1S/C33H46O3/c1-3-4-5-6-7-8-23-9-11-24(12-10-23)31-28-14-13-27-25(17-19-32(2)29(27)15-16-30(32)34)26(28)18-20-33(31)35-21-22-36-33/h9-12,27-29,31H,3-8,13-22H2,1-2H3/t27-,28?,29+,31?,32+/m1/s1. The van der Waals surface area contributed by atoms with Crippen molar-refractivity contribution >= 4 is 5.78 Å². The van der Waals surface area contributed by atoms with E-state index >= 15 is 0 Å². The van der Waals surface area contributed by atoms with Gasteiger partial charge in [0, 0.05) is 24.2 Å². The fourth-order valence-corrected chi connectivity index (χ4v) is 9.03. The van der Waals surface area contributed by atoms with Gasteiger partial charge in [-0.2, -0.15) is 0 Å². The van der Waals surface area contributed by atoms with Crippen LogP contribution in [0.1, 0.15) is 114 Å². The maximum atomic E-state index is 12.8. The topological polar surface area (TPSA) is 35.5 Å². The van der Waals surface area contributed by atoms with Crippen LogP contribution in [0.3, 0.4) is 0 Å². The van der Waals surface area contributed by atoms with Crippen molar-refractivity contribution in [3.05, 3.63) is 46.5 Å². The summed E-state index contributed by atoms with van der Waals surface area (Å²) >= 11 is 0. The summed E-state index contributed by atoms with van der Waals surface area (Å²) in [6.07, 6.45) is 16.5. The molecule has 1 aliphatic heterocycles. The summed E-state index contributed by atoms with van der Waals surface area (Å²) in [6.45, 7) is 6.00. The predicted molar refractivity (Wildman–Crippen MR) is 144 cm³/mol. The minimum atomic E-state index is -0.449. The fraction of sp³-hybridized carbons (Fsp3) is 0.727. The minimum absolute atomic E-state index is 0.0547. The van der Waals surface area contributed by atoms with Crippen molar-refractivity contribution in [3.8, 4) is 0 Å². The molecule has 3 saturated carbocycles. The predicted octanol–water partition coefficient (Wildman–Crippen LogP) is 7.92. The molecule has 6 rings (SSSR count). The van der Waals surface area contributed by atoms with Crippen LogP contribution in [0.15, 0.2) is 35.4 Å². The van der Waals surface area contributed by atoms with Crippen LogP contribution in [0.25, 0.3) is 0 Å².